The molecule has 1 aliphatic carbocycles. The Balaban J connectivity index is 1.76. The maximum atomic E-state index is 11.8. The highest BCUT2D eigenvalue weighted by molar-refractivity contribution is 8.17. The predicted octanol–water partition coefficient (Wildman–Crippen LogP) is 3.73. The lowest BCUT2D eigenvalue weighted by molar-refractivity contribution is -0.117. The number of amides is 2. The van der Waals surface area contributed by atoms with Crippen molar-refractivity contribution in [1.29, 1.82) is 0 Å². The third-order valence-electron chi connectivity index (χ3n) is 4.14. The van der Waals surface area contributed by atoms with Gasteiger partial charge in [-0.25, -0.2) is 14.8 Å². The van der Waals surface area contributed by atoms with Gasteiger partial charge in [-0.2, -0.15) is 0 Å². The molecular weight excluding hydrogens is 440 g/mol. The Bertz CT molecular complexity index is 1060. The van der Waals surface area contributed by atoms with Crippen molar-refractivity contribution >= 4 is 63.4 Å². The molecule has 31 heavy (non-hydrogen) atoms. The van der Waals surface area contributed by atoms with Crippen LogP contribution in [0.3, 0.4) is 0 Å². The molecule has 2 aromatic rings. The average molecular weight is 461 g/mol. The van der Waals surface area contributed by atoms with Crippen molar-refractivity contribution in [2.75, 3.05) is 12.4 Å². The lowest BCUT2D eigenvalue weighted by Gasteiger charge is -2.08. The highest BCUT2D eigenvalue weighted by Crippen LogP contribution is 2.32. The second kappa shape index (κ2) is 10.2. The van der Waals surface area contributed by atoms with Crippen molar-refractivity contribution in [1.82, 2.24) is 10.3 Å². The van der Waals surface area contributed by atoms with Gasteiger partial charge in [0, 0.05) is 17.0 Å². The van der Waals surface area contributed by atoms with Crippen molar-refractivity contribution in [3.8, 4) is 5.75 Å². The molecule has 1 heterocycles. The van der Waals surface area contributed by atoms with Crippen LogP contribution in [-0.4, -0.2) is 40.7 Å². The number of aromatic nitrogens is 1. The number of nitrogens with zero attached hydrogens (tertiary/aromatic N) is 2. The van der Waals surface area contributed by atoms with Crippen LogP contribution in [-0.2, 0) is 9.59 Å². The summed E-state index contributed by atoms with van der Waals surface area (Å²) < 4.78 is 5.06. The van der Waals surface area contributed by atoms with Crippen LogP contribution in [0.4, 0.5) is 10.8 Å². The molecule has 0 unspecified atom stereocenters. The van der Waals surface area contributed by atoms with Crippen LogP contribution in [0.25, 0.3) is 6.08 Å². The van der Waals surface area contributed by atoms with Gasteiger partial charge in [0.2, 0.25) is 12.3 Å². The maximum Gasteiger partial charge on any atom is 0.338 e. The molecule has 0 saturated heterocycles. The lowest BCUT2D eigenvalue weighted by Crippen LogP contribution is -2.18. The number of carboxylic acids is 1. The van der Waals surface area contributed by atoms with Crippen LogP contribution in [0.15, 0.2) is 34.3 Å². The molecule has 1 fully saturated rings. The molecule has 1 aromatic carbocycles. The summed E-state index contributed by atoms with van der Waals surface area (Å²) in [5.41, 5.74) is 0.131. The van der Waals surface area contributed by atoms with Crippen molar-refractivity contribution in [2.45, 2.75) is 19.8 Å². The van der Waals surface area contributed by atoms with E-state index in [1.807, 2.05) is 13.0 Å². The minimum absolute atomic E-state index is 0.00527. The van der Waals surface area contributed by atoms with Gasteiger partial charge in [-0.15, -0.1) is 0 Å². The number of carbonyl (C=O) groups excluding carboxylic acids is 2. The summed E-state index contributed by atoms with van der Waals surface area (Å²) in [7, 11) is 1.44. The van der Waals surface area contributed by atoms with Crippen LogP contribution < -0.4 is 15.4 Å². The minimum atomic E-state index is -1.16. The van der Waals surface area contributed by atoms with Crippen LogP contribution >= 0.6 is 23.1 Å². The molecule has 0 spiro atoms. The largest absolute Gasteiger partial charge is 0.497 e. The molecule has 3 rings (SSSR count). The van der Waals surface area contributed by atoms with Gasteiger partial charge in [0.05, 0.1) is 18.4 Å². The number of nitrogens with one attached hydrogen (secondary N) is 2. The highest BCUT2D eigenvalue weighted by Gasteiger charge is 2.30. The Morgan fingerprint density at radius 2 is 2.16 bits per heavy atom. The van der Waals surface area contributed by atoms with Gasteiger partial charge in [0.1, 0.15) is 5.75 Å². The topological polar surface area (TPSA) is 130 Å². The Hall–Kier alpha value is -3.18. The normalized spacial score (nSPS) is 14.1. The van der Waals surface area contributed by atoms with Crippen LogP contribution in [0.1, 0.15) is 35.0 Å². The maximum absolute atomic E-state index is 11.8. The van der Waals surface area contributed by atoms with E-state index in [1.165, 1.54) is 30.6 Å². The zero-order chi connectivity index (χ0) is 22.4. The molecule has 3 N–H and O–H groups in total. The molecule has 9 nitrogen and oxygen atoms in total. The second-order valence-electron chi connectivity index (χ2n) is 6.56. The minimum Gasteiger partial charge on any atom is -0.497 e. The van der Waals surface area contributed by atoms with E-state index in [9.17, 15) is 19.5 Å². The molecule has 2 amide bonds. The Kier molecular flexibility index (Phi) is 7.42. The quantitative estimate of drug-likeness (QED) is 0.311. The van der Waals surface area contributed by atoms with Crippen molar-refractivity contribution in [2.24, 2.45) is 10.9 Å². The number of thioether (sulfide) groups is 1. The first-order valence-corrected chi connectivity index (χ1v) is 10.9. The summed E-state index contributed by atoms with van der Waals surface area (Å²) in [6.07, 6.45) is 5.80. The predicted molar refractivity (Wildman–Crippen MR) is 121 cm³/mol. The summed E-state index contributed by atoms with van der Waals surface area (Å²) in [6.45, 7) is 1.82. The van der Waals surface area contributed by atoms with Crippen molar-refractivity contribution in [3.05, 3.63) is 39.7 Å². The monoisotopic (exact) mass is 460 g/mol. The molecule has 0 bridgehead atoms. The van der Waals surface area contributed by atoms with Crippen molar-refractivity contribution in [3.63, 3.8) is 0 Å². The van der Waals surface area contributed by atoms with Crippen LogP contribution in [0, 0.1) is 5.92 Å². The van der Waals surface area contributed by atoms with E-state index in [4.69, 9.17) is 4.74 Å². The first-order chi connectivity index (χ1) is 14.9. The number of methoxy groups -OCH3 is 1. The summed E-state index contributed by atoms with van der Waals surface area (Å²) in [5.74, 6) is -0.679. The van der Waals surface area contributed by atoms with Gasteiger partial charge in [-0.05, 0) is 48.9 Å². The van der Waals surface area contributed by atoms with Crippen LogP contribution in [0.5, 0.6) is 5.75 Å². The third kappa shape index (κ3) is 6.40. The van der Waals surface area contributed by atoms with E-state index in [0.717, 1.165) is 34.4 Å². The molecule has 0 radical (unpaired) electrons. The van der Waals surface area contributed by atoms with E-state index in [1.54, 1.807) is 12.3 Å². The van der Waals surface area contributed by atoms with Gasteiger partial charge in [-0.1, -0.05) is 23.1 Å². The molecule has 0 atom stereocenters. The zero-order valence-corrected chi connectivity index (χ0v) is 18.4. The Labute approximate surface area is 186 Å². The molecule has 1 aromatic heterocycles. The fourth-order valence-electron chi connectivity index (χ4n) is 2.50. The van der Waals surface area contributed by atoms with E-state index in [2.05, 4.69) is 20.6 Å². The first kappa shape index (κ1) is 22.5. The molecule has 1 aliphatic rings. The summed E-state index contributed by atoms with van der Waals surface area (Å²) in [5, 5.41) is 15.5. The van der Waals surface area contributed by atoms with Crippen LogP contribution in [0.2, 0.25) is 0 Å². The van der Waals surface area contributed by atoms with Gasteiger partial charge < -0.3 is 20.5 Å². The smallest absolute Gasteiger partial charge is 0.338 e. The molecule has 162 valence electrons. The number of hydrogen-bond acceptors (Lipinski definition) is 8. The van der Waals surface area contributed by atoms with Gasteiger partial charge >= 0.3 is 5.97 Å². The fraction of sp³-hybridized carbons (Fsp3) is 0.250. The SMILES string of the molecule is COc1ccc(/N=C(/NC=O)S/C(C)=C\c2cnc(NC(=O)C3CC3)s2)c(C(=O)O)c1. The number of thiazole rings is 1. The third-order valence-corrected chi connectivity index (χ3v) is 5.85. The number of carboxylic acid groups (broad SMARTS) is 1. The van der Waals surface area contributed by atoms with Crippen molar-refractivity contribution < 1.29 is 24.2 Å². The number of allylic oxidation sites excluding steroid dienone is 1. The van der Waals surface area contributed by atoms with E-state index >= 15 is 0 Å². The number of aliphatic imine (C=N–C) groups is 1. The Morgan fingerprint density at radius 3 is 2.81 bits per heavy atom. The number of aromatic carboxylic acids is 1. The van der Waals surface area contributed by atoms with E-state index in [-0.39, 0.29) is 28.2 Å². The number of ether oxygens (including phenoxy) is 1. The number of amidine groups is 1. The number of carbonyl (C=O) groups is 3. The summed E-state index contributed by atoms with van der Waals surface area (Å²) in [6, 6.07) is 4.46. The van der Waals surface area contributed by atoms with E-state index < -0.39 is 5.97 Å². The molecule has 1 saturated carbocycles. The Morgan fingerprint density at radius 1 is 1.39 bits per heavy atom. The van der Waals surface area contributed by atoms with Gasteiger partial charge in [0.25, 0.3) is 0 Å². The summed E-state index contributed by atoms with van der Waals surface area (Å²) >= 11 is 2.50. The highest BCUT2D eigenvalue weighted by atomic mass is 32.2. The number of rotatable bonds is 8. The number of hydrogen-bond donors (Lipinski definition) is 3. The molecule has 0 aliphatic heterocycles. The van der Waals surface area contributed by atoms with Gasteiger partial charge in [-0.3, -0.25) is 9.59 Å². The summed E-state index contributed by atoms with van der Waals surface area (Å²) in [4.78, 5) is 44.5. The zero-order valence-electron chi connectivity index (χ0n) is 16.7. The van der Waals surface area contributed by atoms with E-state index in [0.29, 0.717) is 17.3 Å². The standard InChI is InChI=1S/C20H20N4O5S2/c1-11(7-14-9-21-19(31-14)24-17(26)12-3-4-12)30-20(22-10-25)23-16-6-5-13(29-2)8-15(16)18(27)28/h5-10,12H,3-4H2,1-2H3,(H,27,28)(H,21,24,26)(H,22,23,25)/b11-7-. The molecule has 11 heteroatoms. The first-order valence-electron chi connectivity index (χ1n) is 9.22. The second-order valence-corrected chi connectivity index (χ2v) is 8.85. The number of benzene rings is 1. The molecular formula is C20H20N4O5S2. The fourth-order valence-corrected chi connectivity index (χ4v) is 4.14. The van der Waals surface area contributed by atoms with Gasteiger partial charge in [0.15, 0.2) is 10.3 Å². The average Bonchev–Trinajstić information content (AvgIpc) is 3.50. The number of anilines is 1. The lowest BCUT2D eigenvalue weighted by atomic mass is 10.1.